The molecule has 1 N–H and O–H groups in total. The molecule has 2 aromatic rings. The molecule has 0 bridgehead atoms. The number of hydrogen-bond acceptors (Lipinski definition) is 3. The number of aromatic nitrogens is 2. The molecule has 2 rings (SSSR count). The standard InChI is InChI=1S/C11H13ClN2OS/c1-14-6-8(5-13-14)2-3-10(15)11-4-9(12)7-16-11/h4-7,10,15H,2-3H2,1H3. The first kappa shape index (κ1) is 11.6. The molecule has 1 unspecified atom stereocenters. The number of nitrogens with zero attached hydrogens (tertiary/aromatic N) is 2. The fourth-order valence-electron chi connectivity index (χ4n) is 1.55. The monoisotopic (exact) mass is 256 g/mol. The second-order valence-electron chi connectivity index (χ2n) is 3.74. The Bertz CT molecular complexity index is 466. The van der Waals surface area contributed by atoms with Gasteiger partial charge in [0.25, 0.3) is 0 Å². The van der Waals surface area contributed by atoms with Crippen molar-refractivity contribution in [2.75, 3.05) is 0 Å². The van der Waals surface area contributed by atoms with Crippen LogP contribution in [0.4, 0.5) is 0 Å². The van der Waals surface area contributed by atoms with E-state index in [-0.39, 0.29) is 0 Å². The molecule has 2 heterocycles. The van der Waals surface area contributed by atoms with E-state index >= 15 is 0 Å². The Morgan fingerprint density at radius 1 is 1.62 bits per heavy atom. The SMILES string of the molecule is Cn1cc(CCC(O)c2cc(Cl)cs2)cn1. The molecule has 0 amide bonds. The van der Waals surface area contributed by atoms with Crippen molar-refractivity contribution < 1.29 is 5.11 Å². The van der Waals surface area contributed by atoms with Crippen LogP contribution in [-0.4, -0.2) is 14.9 Å². The fraction of sp³-hybridized carbons (Fsp3) is 0.364. The number of thiophene rings is 1. The van der Waals surface area contributed by atoms with E-state index in [1.165, 1.54) is 11.3 Å². The lowest BCUT2D eigenvalue weighted by Crippen LogP contribution is -1.96. The van der Waals surface area contributed by atoms with Crippen molar-refractivity contribution in [3.8, 4) is 0 Å². The lowest BCUT2D eigenvalue weighted by Gasteiger charge is -2.06. The third-order valence-corrected chi connectivity index (χ3v) is 3.76. The Morgan fingerprint density at radius 3 is 3.00 bits per heavy atom. The molecular formula is C11H13ClN2OS. The van der Waals surface area contributed by atoms with Crippen molar-refractivity contribution in [1.82, 2.24) is 9.78 Å². The summed E-state index contributed by atoms with van der Waals surface area (Å²) in [6, 6.07) is 1.82. The van der Waals surface area contributed by atoms with E-state index in [4.69, 9.17) is 11.6 Å². The van der Waals surface area contributed by atoms with Crippen molar-refractivity contribution in [1.29, 1.82) is 0 Å². The second-order valence-corrected chi connectivity index (χ2v) is 5.12. The number of halogens is 1. The largest absolute Gasteiger partial charge is 0.388 e. The van der Waals surface area contributed by atoms with Gasteiger partial charge in [-0.25, -0.2) is 0 Å². The molecule has 0 aromatic carbocycles. The van der Waals surface area contributed by atoms with Crippen LogP contribution in [0.2, 0.25) is 5.02 Å². The molecule has 16 heavy (non-hydrogen) atoms. The molecule has 0 saturated heterocycles. The summed E-state index contributed by atoms with van der Waals surface area (Å²) in [7, 11) is 1.89. The summed E-state index contributed by atoms with van der Waals surface area (Å²) in [6.07, 6.45) is 4.88. The Kier molecular flexibility index (Phi) is 3.63. The average Bonchev–Trinajstić information content (AvgIpc) is 2.84. The Morgan fingerprint density at radius 2 is 2.44 bits per heavy atom. The van der Waals surface area contributed by atoms with Crippen LogP contribution in [0.5, 0.6) is 0 Å². The van der Waals surface area contributed by atoms with Crippen LogP contribution >= 0.6 is 22.9 Å². The molecule has 5 heteroatoms. The Hall–Kier alpha value is -0.840. The van der Waals surface area contributed by atoms with Gasteiger partial charge in [0.05, 0.1) is 17.3 Å². The van der Waals surface area contributed by atoms with Gasteiger partial charge in [-0.15, -0.1) is 11.3 Å². The van der Waals surface area contributed by atoms with Crippen molar-refractivity contribution in [3.63, 3.8) is 0 Å². The third-order valence-electron chi connectivity index (χ3n) is 2.38. The zero-order chi connectivity index (χ0) is 11.5. The van der Waals surface area contributed by atoms with Crippen LogP contribution in [0.1, 0.15) is 23.0 Å². The highest BCUT2D eigenvalue weighted by Crippen LogP contribution is 2.27. The van der Waals surface area contributed by atoms with Gasteiger partial charge in [0.2, 0.25) is 0 Å². The van der Waals surface area contributed by atoms with Gasteiger partial charge in [0, 0.05) is 23.5 Å². The topological polar surface area (TPSA) is 38.0 Å². The van der Waals surface area contributed by atoms with E-state index < -0.39 is 6.10 Å². The first-order chi connectivity index (χ1) is 7.65. The van der Waals surface area contributed by atoms with Gasteiger partial charge in [-0.1, -0.05) is 11.6 Å². The minimum absolute atomic E-state index is 0.433. The average molecular weight is 257 g/mol. The van der Waals surface area contributed by atoms with Crippen LogP contribution in [0.3, 0.4) is 0 Å². The zero-order valence-corrected chi connectivity index (χ0v) is 10.5. The molecule has 0 aliphatic heterocycles. The predicted molar refractivity (Wildman–Crippen MR) is 65.8 cm³/mol. The van der Waals surface area contributed by atoms with E-state index in [0.717, 1.165) is 16.9 Å². The number of rotatable bonds is 4. The lowest BCUT2D eigenvalue weighted by molar-refractivity contribution is 0.171. The summed E-state index contributed by atoms with van der Waals surface area (Å²) in [4.78, 5) is 0.925. The van der Waals surface area contributed by atoms with E-state index in [1.54, 1.807) is 4.68 Å². The van der Waals surface area contributed by atoms with Crippen molar-refractivity contribution >= 4 is 22.9 Å². The smallest absolute Gasteiger partial charge is 0.0885 e. The van der Waals surface area contributed by atoms with Crippen LogP contribution in [-0.2, 0) is 13.5 Å². The third kappa shape index (κ3) is 2.84. The van der Waals surface area contributed by atoms with Gasteiger partial charge in [0.15, 0.2) is 0 Å². The van der Waals surface area contributed by atoms with Gasteiger partial charge in [-0.2, -0.15) is 5.10 Å². The Balaban J connectivity index is 1.91. The molecule has 0 spiro atoms. The molecule has 0 fully saturated rings. The molecule has 0 aliphatic carbocycles. The first-order valence-electron chi connectivity index (χ1n) is 5.04. The van der Waals surface area contributed by atoms with Gasteiger partial charge >= 0.3 is 0 Å². The van der Waals surface area contributed by atoms with Crippen LogP contribution in [0.25, 0.3) is 0 Å². The molecule has 2 aromatic heterocycles. The van der Waals surface area contributed by atoms with E-state index in [1.807, 2.05) is 30.9 Å². The van der Waals surface area contributed by atoms with Gasteiger partial charge < -0.3 is 5.11 Å². The van der Waals surface area contributed by atoms with E-state index in [0.29, 0.717) is 11.4 Å². The van der Waals surface area contributed by atoms with E-state index in [9.17, 15) is 5.11 Å². The zero-order valence-electron chi connectivity index (χ0n) is 8.93. The van der Waals surface area contributed by atoms with Gasteiger partial charge in [-0.3, -0.25) is 4.68 Å². The molecule has 3 nitrogen and oxygen atoms in total. The van der Waals surface area contributed by atoms with Crippen molar-refractivity contribution in [2.24, 2.45) is 7.05 Å². The molecule has 1 atom stereocenters. The quantitative estimate of drug-likeness (QED) is 0.914. The van der Waals surface area contributed by atoms with Crippen LogP contribution < -0.4 is 0 Å². The lowest BCUT2D eigenvalue weighted by atomic mass is 10.1. The Labute approximate surface area is 103 Å². The summed E-state index contributed by atoms with van der Waals surface area (Å²) in [5.41, 5.74) is 1.14. The highest BCUT2D eigenvalue weighted by atomic mass is 35.5. The maximum Gasteiger partial charge on any atom is 0.0885 e. The van der Waals surface area contributed by atoms with Crippen molar-refractivity contribution in [3.05, 3.63) is 39.3 Å². The first-order valence-corrected chi connectivity index (χ1v) is 6.30. The maximum absolute atomic E-state index is 9.93. The number of hydrogen-bond donors (Lipinski definition) is 1. The minimum atomic E-state index is -0.433. The van der Waals surface area contributed by atoms with Crippen molar-refractivity contribution in [2.45, 2.75) is 18.9 Å². The second kappa shape index (κ2) is 4.99. The maximum atomic E-state index is 9.93. The molecule has 0 aliphatic rings. The summed E-state index contributed by atoms with van der Waals surface area (Å²) in [5, 5.41) is 16.5. The number of aliphatic hydroxyl groups excluding tert-OH is 1. The molecular weight excluding hydrogens is 244 g/mol. The van der Waals surface area contributed by atoms with Crippen LogP contribution in [0, 0.1) is 0 Å². The van der Waals surface area contributed by atoms with Gasteiger partial charge in [-0.05, 0) is 24.5 Å². The normalized spacial score (nSPS) is 12.9. The minimum Gasteiger partial charge on any atom is -0.388 e. The fourth-order valence-corrected chi connectivity index (χ4v) is 2.65. The molecule has 0 saturated carbocycles. The summed E-state index contributed by atoms with van der Waals surface area (Å²) >= 11 is 7.31. The van der Waals surface area contributed by atoms with E-state index in [2.05, 4.69) is 5.10 Å². The highest BCUT2D eigenvalue weighted by molar-refractivity contribution is 7.10. The molecule has 0 radical (unpaired) electrons. The van der Waals surface area contributed by atoms with Crippen LogP contribution in [0.15, 0.2) is 23.8 Å². The van der Waals surface area contributed by atoms with Gasteiger partial charge in [0.1, 0.15) is 0 Å². The number of aryl methyl sites for hydroxylation is 2. The highest BCUT2D eigenvalue weighted by Gasteiger charge is 2.10. The summed E-state index contributed by atoms with van der Waals surface area (Å²) < 4.78 is 1.77. The summed E-state index contributed by atoms with van der Waals surface area (Å²) in [5.74, 6) is 0. The number of aliphatic hydroxyl groups is 1. The molecule has 86 valence electrons. The predicted octanol–water partition coefficient (Wildman–Crippen LogP) is 2.80. The summed E-state index contributed by atoms with van der Waals surface area (Å²) in [6.45, 7) is 0.